The second kappa shape index (κ2) is 22.5. The van der Waals surface area contributed by atoms with Gasteiger partial charge in [0.1, 0.15) is 0 Å². The monoisotopic (exact) mass is 675 g/mol. The maximum absolute atomic E-state index is 3.60. The van der Waals surface area contributed by atoms with E-state index < -0.39 is 0 Å². The molecule has 6 rings (SSSR count). The van der Waals surface area contributed by atoms with Crippen molar-refractivity contribution in [1.82, 2.24) is 0 Å². The summed E-state index contributed by atoms with van der Waals surface area (Å²) in [5, 5.41) is 5.37. The molecule has 6 aromatic rings. The van der Waals surface area contributed by atoms with Crippen molar-refractivity contribution in [3.05, 3.63) is 146 Å². The topological polar surface area (TPSA) is 0 Å². The molecule has 231 valence electrons. The Balaban J connectivity index is 0.000000327. The van der Waals surface area contributed by atoms with E-state index in [4.69, 9.17) is 0 Å². The molecule has 0 heterocycles. The van der Waals surface area contributed by atoms with Crippen LogP contribution in [0.1, 0.15) is 50.7 Å². The molecule has 0 aromatic heterocycles. The average Bonchev–Trinajstić information content (AvgIpc) is 3.63. The summed E-state index contributed by atoms with van der Waals surface area (Å²) < 4.78 is 0. The van der Waals surface area contributed by atoms with Gasteiger partial charge in [-0.2, -0.15) is 25.0 Å². The molecular formula is C42H50NbSi-4. The average molecular weight is 676 g/mol. The number of rotatable bonds is 4. The molecule has 0 nitrogen and oxygen atoms in total. The van der Waals surface area contributed by atoms with Gasteiger partial charge in [-0.1, -0.05) is 138 Å². The summed E-state index contributed by atoms with van der Waals surface area (Å²) in [6.45, 7) is 20.0. The molecule has 6 aromatic carbocycles. The van der Waals surface area contributed by atoms with Crippen molar-refractivity contribution >= 4 is 31.1 Å². The molecule has 0 aliphatic rings. The molecule has 0 spiro atoms. The van der Waals surface area contributed by atoms with Crippen LogP contribution in [0.15, 0.2) is 121 Å². The van der Waals surface area contributed by atoms with Gasteiger partial charge in [-0.15, -0.1) is 69.1 Å². The molecule has 0 fully saturated rings. The molecule has 0 unspecified atom stereocenters. The van der Waals surface area contributed by atoms with Crippen LogP contribution < -0.4 is 0 Å². The van der Waals surface area contributed by atoms with Crippen LogP contribution in [0, 0.1) is 27.7 Å². The second-order valence-corrected chi connectivity index (χ2v) is 11.6. The summed E-state index contributed by atoms with van der Waals surface area (Å²) in [7, 11) is 1.08. The molecule has 0 aliphatic carbocycles. The Labute approximate surface area is 287 Å². The maximum atomic E-state index is 3.60. The van der Waals surface area contributed by atoms with Gasteiger partial charge in [-0.25, -0.2) is 0 Å². The zero-order valence-corrected chi connectivity index (χ0v) is 30.9. The first-order valence-electron chi connectivity index (χ1n) is 15.5. The van der Waals surface area contributed by atoms with Crippen molar-refractivity contribution in [2.45, 2.75) is 66.5 Å². The minimum atomic E-state index is 0. The SMILES string of the molecule is C[Si]C.Cc1cc2c(-c3ccccc3)cccc2[cH-]1.Cc1cc2c(-c3ccccc3)cccc2[cH-]1.[CH2-]CCC.[CH2-]CCC.[Nb]. The number of benzene rings is 4. The fourth-order valence-electron chi connectivity index (χ4n) is 4.51. The van der Waals surface area contributed by atoms with Crippen molar-refractivity contribution in [3.63, 3.8) is 0 Å². The standard InChI is InChI=1S/2C16H13.2C4H9.C2H6Si.Nb/c2*1-12-10-14-8-5-9-15(16(14)11-12)13-6-3-2-4-7-13;2*1-3-4-2;1-3-2;/h2*2-11H,1H3;2*1,3-4H2,2H3;1-2H3;/q4*-1;;. The zero-order valence-electron chi connectivity index (χ0n) is 27.7. The minimum Gasteiger partial charge on any atom is -0.343 e. The smallest absolute Gasteiger partial charge is 0.0307 e. The Morgan fingerprint density at radius 3 is 1.16 bits per heavy atom. The van der Waals surface area contributed by atoms with Gasteiger partial charge in [0.25, 0.3) is 0 Å². The number of hydrogen-bond acceptors (Lipinski definition) is 0. The first kappa shape index (κ1) is 39.1. The van der Waals surface area contributed by atoms with Crippen molar-refractivity contribution in [3.8, 4) is 22.3 Å². The van der Waals surface area contributed by atoms with E-state index in [1.807, 2.05) is 0 Å². The molecule has 0 aliphatic heterocycles. The molecule has 0 saturated carbocycles. The Hall–Kier alpha value is -2.94. The molecule has 44 heavy (non-hydrogen) atoms. The second-order valence-electron chi connectivity index (χ2n) is 10.6. The number of hydrogen-bond donors (Lipinski definition) is 0. The summed E-state index contributed by atoms with van der Waals surface area (Å²) in [5.74, 6) is 0. The van der Waals surface area contributed by atoms with E-state index >= 15 is 0 Å². The Bertz CT molecular complexity index is 1430. The molecular weight excluding hydrogens is 625 g/mol. The molecule has 0 N–H and O–H groups in total. The van der Waals surface area contributed by atoms with Crippen LogP contribution in [-0.2, 0) is 22.4 Å². The van der Waals surface area contributed by atoms with Crippen molar-refractivity contribution in [2.24, 2.45) is 0 Å². The van der Waals surface area contributed by atoms with Gasteiger partial charge < -0.3 is 13.8 Å². The fourth-order valence-corrected chi connectivity index (χ4v) is 4.51. The summed E-state index contributed by atoms with van der Waals surface area (Å²) in [4.78, 5) is 0. The minimum absolute atomic E-state index is 0. The van der Waals surface area contributed by atoms with Crippen LogP contribution in [-0.4, -0.2) is 9.52 Å². The third kappa shape index (κ3) is 12.6. The molecule has 0 saturated heterocycles. The van der Waals surface area contributed by atoms with Gasteiger partial charge in [0.15, 0.2) is 0 Å². The third-order valence-electron chi connectivity index (χ3n) is 6.67. The predicted molar refractivity (Wildman–Crippen MR) is 197 cm³/mol. The fraction of sp³-hybridized carbons (Fsp3) is 0.238. The Morgan fingerprint density at radius 2 is 0.864 bits per heavy atom. The normalized spacial score (nSPS) is 9.64. The van der Waals surface area contributed by atoms with Crippen LogP contribution >= 0.6 is 0 Å². The van der Waals surface area contributed by atoms with Crippen LogP contribution in [0.2, 0.25) is 13.1 Å². The van der Waals surface area contributed by atoms with E-state index in [0.717, 1.165) is 22.4 Å². The first-order chi connectivity index (χ1) is 20.9. The third-order valence-corrected chi connectivity index (χ3v) is 6.67. The van der Waals surface area contributed by atoms with Crippen molar-refractivity contribution in [1.29, 1.82) is 0 Å². The Morgan fingerprint density at radius 1 is 0.545 bits per heavy atom. The van der Waals surface area contributed by atoms with E-state index in [1.54, 1.807) is 0 Å². The first-order valence-corrected chi connectivity index (χ1v) is 17.5. The number of unbranched alkanes of at least 4 members (excludes halogenated alkanes) is 2. The molecule has 0 amide bonds. The summed E-state index contributed by atoms with van der Waals surface area (Å²) in [6.07, 6.45) is 4.56. The van der Waals surface area contributed by atoms with E-state index in [1.165, 1.54) is 67.8 Å². The summed E-state index contributed by atoms with van der Waals surface area (Å²) in [6, 6.07) is 43.1. The van der Waals surface area contributed by atoms with Crippen LogP contribution in [0.25, 0.3) is 43.8 Å². The van der Waals surface area contributed by atoms with Crippen LogP contribution in [0.5, 0.6) is 0 Å². The van der Waals surface area contributed by atoms with Crippen molar-refractivity contribution < 1.29 is 22.4 Å². The maximum Gasteiger partial charge on any atom is 0.0307 e. The largest absolute Gasteiger partial charge is 0.343 e. The molecule has 0 atom stereocenters. The number of fused-ring (bicyclic) bond motifs is 2. The van der Waals surface area contributed by atoms with E-state index in [2.05, 4.69) is 176 Å². The van der Waals surface area contributed by atoms with Gasteiger partial charge in [0, 0.05) is 31.9 Å². The quantitative estimate of drug-likeness (QED) is 0.129. The summed E-state index contributed by atoms with van der Waals surface area (Å²) >= 11 is 0. The van der Waals surface area contributed by atoms with Crippen LogP contribution in [0.4, 0.5) is 0 Å². The molecule has 2 heteroatoms. The van der Waals surface area contributed by atoms with E-state index in [0.29, 0.717) is 0 Å². The molecule has 0 bridgehead atoms. The van der Waals surface area contributed by atoms with E-state index in [-0.39, 0.29) is 22.4 Å². The van der Waals surface area contributed by atoms with Crippen LogP contribution in [0.3, 0.4) is 0 Å². The zero-order chi connectivity index (χ0) is 31.5. The summed E-state index contributed by atoms with van der Waals surface area (Å²) in [5.41, 5.74) is 7.89. The Kier molecular flexibility index (Phi) is 20.0. The van der Waals surface area contributed by atoms with Gasteiger partial charge >= 0.3 is 0 Å². The van der Waals surface area contributed by atoms with Gasteiger partial charge in [0.2, 0.25) is 0 Å². The van der Waals surface area contributed by atoms with Crippen molar-refractivity contribution in [2.75, 3.05) is 0 Å². The van der Waals surface area contributed by atoms with Gasteiger partial charge in [0.05, 0.1) is 0 Å². The molecule has 3 radical (unpaired) electrons. The van der Waals surface area contributed by atoms with Gasteiger partial charge in [-0.05, 0) is 11.1 Å². The van der Waals surface area contributed by atoms with Gasteiger partial charge in [-0.3, -0.25) is 0 Å². The number of aryl methyl sites for hydroxylation is 2. The van der Waals surface area contributed by atoms with E-state index in [9.17, 15) is 0 Å². The predicted octanol–water partition coefficient (Wildman–Crippen LogP) is 13.1.